The normalized spacial score (nSPS) is 9.27. The fraction of sp³-hybridized carbons (Fsp3) is 0. The number of hydrogen-bond acceptors (Lipinski definition) is 2. The summed E-state index contributed by atoms with van der Waals surface area (Å²) in [5.74, 6) is -0.327. The molecule has 1 aromatic rings. The van der Waals surface area contributed by atoms with Gasteiger partial charge in [-0.15, -0.1) is 0 Å². The second-order valence-corrected chi connectivity index (χ2v) is 3.39. The number of hydrogen-bond donors (Lipinski definition) is 0. The van der Waals surface area contributed by atoms with Crippen LogP contribution in [-0.4, -0.2) is 5.97 Å². The minimum atomic E-state index is -0.327. The maximum atomic E-state index is 10.9. The Morgan fingerprint density at radius 3 is 2.36 bits per heavy atom. The van der Waals surface area contributed by atoms with Gasteiger partial charge in [-0.3, -0.25) is 0 Å². The van der Waals surface area contributed by atoms with E-state index in [2.05, 4.69) is 27.1 Å². The van der Waals surface area contributed by atoms with Crippen molar-refractivity contribution in [2.24, 2.45) is 0 Å². The Balaban J connectivity index is 2.90. The summed E-state index contributed by atoms with van der Waals surface area (Å²) in [6, 6.07) is 7.18. The van der Waals surface area contributed by atoms with E-state index in [1.54, 1.807) is 12.1 Å². The number of carbonyl (C=O) groups excluding carboxylic acids is 1. The monoisotopic (exact) mass is 280 g/mol. The molecular weight excluding hydrogens is 274 g/mol. The number of rotatable bonds is 1. The summed E-state index contributed by atoms with van der Waals surface area (Å²) in [7, 11) is 1.93. The highest BCUT2D eigenvalue weighted by Crippen LogP contribution is 2.08. The van der Waals surface area contributed by atoms with Crippen molar-refractivity contribution in [2.45, 2.75) is 0 Å². The summed E-state index contributed by atoms with van der Waals surface area (Å²) in [5, 5.41) is 0. The van der Waals surface area contributed by atoms with Gasteiger partial charge in [0.05, 0.1) is 15.0 Å². The first-order valence-electron chi connectivity index (χ1n) is 2.90. The van der Waals surface area contributed by atoms with Crippen molar-refractivity contribution >= 4 is 38.0 Å². The van der Waals surface area contributed by atoms with E-state index >= 15 is 0 Å². The number of benzene rings is 1. The Morgan fingerprint density at radius 1 is 1.36 bits per heavy atom. The van der Waals surface area contributed by atoms with Crippen LogP contribution in [-0.2, 0) is 4.52 Å². The molecule has 2 nitrogen and oxygen atoms in total. The molecule has 1 aromatic carbocycles. The number of carbonyl (C=O) groups is 1. The zero-order valence-electron chi connectivity index (χ0n) is 5.58. The van der Waals surface area contributed by atoms with Crippen molar-refractivity contribution in [3.63, 3.8) is 0 Å². The standard InChI is InChI=1S/C7H6IO2P/c8-6-3-1-5(2-4-6)7(9)10-11/h1-4H,11H2. The molecule has 0 saturated heterocycles. The molecular formula is C7H6IO2P. The van der Waals surface area contributed by atoms with E-state index in [1.807, 2.05) is 21.6 Å². The van der Waals surface area contributed by atoms with Gasteiger partial charge >= 0.3 is 5.97 Å². The van der Waals surface area contributed by atoms with E-state index in [0.717, 1.165) is 3.57 Å². The fourth-order valence-electron chi connectivity index (χ4n) is 0.654. The zero-order chi connectivity index (χ0) is 8.27. The molecule has 1 atom stereocenters. The van der Waals surface area contributed by atoms with Crippen molar-refractivity contribution in [1.29, 1.82) is 0 Å². The van der Waals surface area contributed by atoms with E-state index < -0.39 is 0 Å². The quantitative estimate of drug-likeness (QED) is 0.582. The molecule has 1 unspecified atom stereocenters. The summed E-state index contributed by atoms with van der Waals surface area (Å²) in [4.78, 5) is 10.9. The topological polar surface area (TPSA) is 26.3 Å². The fourth-order valence-corrected chi connectivity index (χ4v) is 1.15. The van der Waals surface area contributed by atoms with E-state index in [0.29, 0.717) is 5.56 Å². The van der Waals surface area contributed by atoms with Crippen LogP contribution in [0.25, 0.3) is 0 Å². The van der Waals surface area contributed by atoms with Gasteiger partial charge in [-0.1, -0.05) is 0 Å². The molecule has 1 rings (SSSR count). The van der Waals surface area contributed by atoms with Crippen molar-refractivity contribution in [3.05, 3.63) is 33.4 Å². The minimum Gasteiger partial charge on any atom is -0.448 e. The van der Waals surface area contributed by atoms with Gasteiger partial charge in [0.1, 0.15) is 0 Å². The lowest BCUT2D eigenvalue weighted by Gasteiger charge is -1.96. The molecule has 0 aliphatic rings. The van der Waals surface area contributed by atoms with E-state index in [1.165, 1.54) is 0 Å². The first-order valence-corrected chi connectivity index (χ1v) is 4.45. The molecule has 0 aliphatic heterocycles. The molecule has 58 valence electrons. The minimum absolute atomic E-state index is 0.327. The lowest BCUT2D eigenvalue weighted by Crippen LogP contribution is -1.96. The molecule has 4 heteroatoms. The van der Waals surface area contributed by atoms with Crippen LogP contribution in [0.1, 0.15) is 10.4 Å². The Labute approximate surface area is 80.7 Å². The smallest absolute Gasteiger partial charge is 0.340 e. The van der Waals surface area contributed by atoms with Gasteiger partial charge in [-0.05, 0) is 46.9 Å². The maximum absolute atomic E-state index is 10.9. The predicted molar refractivity (Wildman–Crippen MR) is 54.3 cm³/mol. The molecule has 0 heterocycles. The van der Waals surface area contributed by atoms with Gasteiger partial charge in [0.25, 0.3) is 0 Å². The Hall–Kier alpha value is -0.150. The van der Waals surface area contributed by atoms with Crippen LogP contribution in [0.15, 0.2) is 24.3 Å². The van der Waals surface area contributed by atoms with Gasteiger partial charge in [-0.25, -0.2) is 4.79 Å². The third-order valence-electron chi connectivity index (χ3n) is 1.19. The van der Waals surface area contributed by atoms with Gasteiger partial charge in [0, 0.05) is 3.57 Å². The van der Waals surface area contributed by atoms with Crippen molar-refractivity contribution in [3.8, 4) is 0 Å². The molecule has 0 aliphatic carbocycles. The van der Waals surface area contributed by atoms with Crippen LogP contribution in [0, 0.1) is 3.57 Å². The van der Waals surface area contributed by atoms with Crippen LogP contribution in [0.5, 0.6) is 0 Å². The van der Waals surface area contributed by atoms with Crippen LogP contribution < -0.4 is 0 Å². The van der Waals surface area contributed by atoms with Crippen LogP contribution in [0.4, 0.5) is 0 Å². The first kappa shape index (κ1) is 8.94. The largest absolute Gasteiger partial charge is 0.448 e. The first-order chi connectivity index (χ1) is 5.24. The summed E-state index contributed by atoms with van der Waals surface area (Å²) < 4.78 is 5.55. The molecule has 0 spiro atoms. The Kier molecular flexibility index (Phi) is 3.27. The zero-order valence-corrected chi connectivity index (χ0v) is 8.89. The predicted octanol–water partition coefficient (Wildman–Crippen LogP) is 2.24. The third kappa shape index (κ3) is 2.42. The molecule has 11 heavy (non-hydrogen) atoms. The van der Waals surface area contributed by atoms with E-state index in [9.17, 15) is 4.79 Å². The molecule has 0 amide bonds. The molecule has 0 aromatic heterocycles. The maximum Gasteiger partial charge on any atom is 0.340 e. The molecule has 0 N–H and O–H groups in total. The van der Waals surface area contributed by atoms with Crippen molar-refractivity contribution < 1.29 is 9.32 Å². The second-order valence-electron chi connectivity index (χ2n) is 1.91. The van der Waals surface area contributed by atoms with Gasteiger partial charge in [0.2, 0.25) is 0 Å². The molecule has 0 saturated carbocycles. The summed E-state index contributed by atoms with van der Waals surface area (Å²) in [6.45, 7) is 0. The number of halogens is 1. The molecule has 0 fully saturated rings. The van der Waals surface area contributed by atoms with Gasteiger partial charge in [0.15, 0.2) is 0 Å². The average molecular weight is 280 g/mol. The van der Waals surface area contributed by atoms with E-state index in [4.69, 9.17) is 0 Å². The van der Waals surface area contributed by atoms with Gasteiger partial charge < -0.3 is 4.52 Å². The Morgan fingerprint density at radius 2 is 1.91 bits per heavy atom. The lowest BCUT2D eigenvalue weighted by atomic mass is 10.2. The molecule has 0 bridgehead atoms. The third-order valence-corrected chi connectivity index (χ3v) is 2.12. The summed E-state index contributed by atoms with van der Waals surface area (Å²) in [6.07, 6.45) is 0. The van der Waals surface area contributed by atoms with Crippen molar-refractivity contribution in [2.75, 3.05) is 0 Å². The SMILES string of the molecule is O=C(OP)c1ccc(I)cc1. The average Bonchev–Trinajstić information content (AvgIpc) is 2.05. The van der Waals surface area contributed by atoms with E-state index in [-0.39, 0.29) is 5.97 Å². The highest BCUT2D eigenvalue weighted by atomic mass is 127. The second kappa shape index (κ2) is 4.02. The van der Waals surface area contributed by atoms with Crippen molar-refractivity contribution in [1.82, 2.24) is 0 Å². The molecule has 0 radical (unpaired) electrons. The van der Waals surface area contributed by atoms with Crippen LogP contribution in [0.3, 0.4) is 0 Å². The lowest BCUT2D eigenvalue weighted by molar-refractivity contribution is 0.0765. The summed E-state index contributed by atoms with van der Waals surface area (Å²) in [5.41, 5.74) is 0.570. The highest BCUT2D eigenvalue weighted by Gasteiger charge is 2.02. The van der Waals surface area contributed by atoms with Crippen LogP contribution in [0.2, 0.25) is 0 Å². The highest BCUT2D eigenvalue weighted by molar-refractivity contribution is 14.1. The Bertz CT molecular complexity index is 258. The van der Waals surface area contributed by atoms with Crippen LogP contribution >= 0.6 is 32.1 Å². The van der Waals surface area contributed by atoms with Gasteiger partial charge in [-0.2, -0.15) is 0 Å². The summed E-state index contributed by atoms with van der Waals surface area (Å²) >= 11 is 2.17.